The molecule has 0 saturated carbocycles. The monoisotopic (exact) mass is 387 g/mol. The van der Waals surface area contributed by atoms with Crippen molar-refractivity contribution in [2.45, 2.75) is 46.2 Å². The summed E-state index contributed by atoms with van der Waals surface area (Å²) in [7, 11) is 3.52. The quantitative estimate of drug-likeness (QED) is 0.531. The summed E-state index contributed by atoms with van der Waals surface area (Å²) in [5.41, 5.74) is 2.54. The third-order valence-electron chi connectivity index (χ3n) is 4.88. The SMILES string of the molecule is CC(C)CNC(=NCc1ccc(CN2CCCCC2)cc1)NCC(=O)N(C)C. The molecular formula is C22H37N5O. The molecule has 1 heterocycles. The molecule has 0 atom stereocenters. The van der Waals surface area contributed by atoms with Gasteiger partial charge in [0.15, 0.2) is 5.96 Å². The smallest absolute Gasteiger partial charge is 0.241 e. The summed E-state index contributed by atoms with van der Waals surface area (Å²) in [6.07, 6.45) is 4.01. The lowest BCUT2D eigenvalue weighted by Gasteiger charge is -2.26. The Morgan fingerprint density at radius 2 is 1.71 bits per heavy atom. The summed E-state index contributed by atoms with van der Waals surface area (Å²) < 4.78 is 0. The van der Waals surface area contributed by atoms with Crippen LogP contribution in [0.1, 0.15) is 44.2 Å². The largest absolute Gasteiger partial charge is 0.356 e. The van der Waals surface area contributed by atoms with E-state index in [2.05, 4.69) is 58.6 Å². The fourth-order valence-corrected chi connectivity index (χ4v) is 3.09. The first-order chi connectivity index (χ1) is 13.4. The minimum Gasteiger partial charge on any atom is -0.356 e. The van der Waals surface area contributed by atoms with E-state index < -0.39 is 0 Å². The Morgan fingerprint density at radius 3 is 2.32 bits per heavy atom. The van der Waals surface area contributed by atoms with Crippen LogP contribution in [0.25, 0.3) is 0 Å². The summed E-state index contributed by atoms with van der Waals surface area (Å²) in [5, 5.41) is 6.44. The summed E-state index contributed by atoms with van der Waals surface area (Å²) in [4.78, 5) is 20.6. The van der Waals surface area contributed by atoms with Gasteiger partial charge in [-0.25, -0.2) is 4.99 Å². The molecule has 2 N–H and O–H groups in total. The van der Waals surface area contributed by atoms with Gasteiger partial charge in [0.05, 0.1) is 13.1 Å². The zero-order chi connectivity index (χ0) is 20.4. The van der Waals surface area contributed by atoms with E-state index in [9.17, 15) is 4.79 Å². The minimum atomic E-state index is 0.0288. The van der Waals surface area contributed by atoms with Gasteiger partial charge in [-0.1, -0.05) is 44.5 Å². The molecule has 28 heavy (non-hydrogen) atoms. The van der Waals surface area contributed by atoms with E-state index in [4.69, 9.17) is 0 Å². The van der Waals surface area contributed by atoms with Crippen LogP contribution in [0.4, 0.5) is 0 Å². The molecule has 6 nitrogen and oxygen atoms in total. The lowest BCUT2D eigenvalue weighted by atomic mass is 10.1. The van der Waals surface area contributed by atoms with Gasteiger partial charge < -0.3 is 15.5 Å². The molecule has 0 spiro atoms. The molecule has 0 unspecified atom stereocenters. The predicted molar refractivity (Wildman–Crippen MR) is 116 cm³/mol. The second-order valence-corrected chi connectivity index (χ2v) is 8.23. The molecule has 1 fully saturated rings. The number of guanidine groups is 1. The van der Waals surface area contributed by atoms with Gasteiger partial charge in [-0.3, -0.25) is 9.69 Å². The van der Waals surface area contributed by atoms with Gasteiger partial charge in [0.1, 0.15) is 0 Å². The number of piperidine rings is 1. The van der Waals surface area contributed by atoms with Crippen molar-refractivity contribution in [1.29, 1.82) is 0 Å². The molecule has 156 valence electrons. The maximum absolute atomic E-state index is 11.8. The zero-order valence-corrected chi connectivity index (χ0v) is 18.0. The molecule has 1 aromatic rings. The van der Waals surface area contributed by atoms with E-state index in [1.807, 2.05) is 0 Å². The molecule has 1 aliphatic heterocycles. The third-order valence-corrected chi connectivity index (χ3v) is 4.88. The van der Waals surface area contributed by atoms with Gasteiger partial charge in [-0.2, -0.15) is 0 Å². The molecule has 2 rings (SSSR count). The lowest BCUT2D eigenvalue weighted by molar-refractivity contribution is -0.127. The highest BCUT2D eigenvalue weighted by Crippen LogP contribution is 2.14. The third kappa shape index (κ3) is 8.30. The average molecular weight is 388 g/mol. The number of carbonyl (C=O) groups excluding carboxylic acids is 1. The van der Waals surface area contributed by atoms with Gasteiger partial charge in [0, 0.05) is 27.2 Å². The molecule has 0 radical (unpaired) electrons. The fraction of sp³-hybridized carbons (Fsp3) is 0.636. The molecule has 0 bridgehead atoms. The van der Waals surface area contributed by atoms with Crippen molar-refractivity contribution in [3.8, 4) is 0 Å². The van der Waals surface area contributed by atoms with Gasteiger partial charge in [0.2, 0.25) is 5.91 Å². The molecule has 0 aromatic heterocycles. The van der Waals surface area contributed by atoms with Crippen molar-refractivity contribution in [3.63, 3.8) is 0 Å². The Hall–Kier alpha value is -2.08. The van der Waals surface area contributed by atoms with E-state index in [0.29, 0.717) is 18.4 Å². The summed E-state index contributed by atoms with van der Waals surface area (Å²) in [6.45, 7) is 9.42. The van der Waals surface area contributed by atoms with Crippen LogP contribution in [0.2, 0.25) is 0 Å². The van der Waals surface area contributed by atoms with Crippen LogP contribution in [0.5, 0.6) is 0 Å². The Labute approximate surface area is 170 Å². The number of hydrogen-bond acceptors (Lipinski definition) is 3. The lowest BCUT2D eigenvalue weighted by Crippen LogP contribution is -2.44. The first-order valence-electron chi connectivity index (χ1n) is 10.5. The number of likely N-dealkylation sites (N-methyl/N-ethyl adjacent to an activating group) is 1. The van der Waals surface area contributed by atoms with Crippen molar-refractivity contribution in [3.05, 3.63) is 35.4 Å². The van der Waals surface area contributed by atoms with Crippen LogP contribution in [-0.4, -0.2) is 61.9 Å². The van der Waals surface area contributed by atoms with E-state index in [1.54, 1.807) is 19.0 Å². The Bertz CT molecular complexity index is 618. The number of carbonyl (C=O) groups is 1. The van der Waals surface area contributed by atoms with Crippen molar-refractivity contribution in [2.75, 3.05) is 40.3 Å². The number of aliphatic imine (C=N–C) groups is 1. The van der Waals surface area contributed by atoms with Crippen molar-refractivity contribution < 1.29 is 4.79 Å². The van der Waals surface area contributed by atoms with Crippen molar-refractivity contribution in [1.82, 2.24) is 20.4 Å². The Morgan fingerprint density at radius 1 is 1.07 bits per heavy atom. The molecule has 1 saturated heterocycles. The highest BCUT2D eigenvalue weighted by molar-refractivity contribution is 5.86. The van der Waals surface area contributed by atoms with Crippen LogP contribution in [-0.2, 0) is 17.9 Å². The molecule has 0 aliphatic carbocycles. The first-order valence-corrected chi connectivity index (χ1v) is 10.5. The second-order valence-electron chi connectivity index (χ2n) is 8.23. The second kappa shape index (κ2) is 11.7. The maximum Gasteiger partial charge on any atom is 0.241 e. The minimum absolute atomic E-state index is 0.0288. The molecule has 1 amide bonds. The number of nitrogens with zero attached hydrogens (tertiary/aromatic N) is 3. The molecule has 1 aliphatic rings. The summed E-state index contributed by atoms with van der Waals surface area (Å²) in [5.74, 6) is 1.22. The normalized spacial score (nSPS) is 15.5. The number of amides is 1. The molecule has 6 heteroatoms. The highest BCUT2D eigenvalue weighted by Gasteiger charge is 2.10. The Kier molecular flexibility index (Phi) is 9.28. The fourth-order valence-electron chi connectivity index (χ4n) is 3.09. The standard InChI is InChI=1S/C22H37N5O/c1-18(2)14-23-22(25-16-21(28)26(3)4)24-15-19-8-10-20(11-9-19)17-27-12-6-5-7-13-27/h8-11,18H,5-7,12-17H2,1-4H3,(H2,23,24,25). The van der Waals surface area contributed by atoms with Gasteiger partial charge in [0.25, 0.3) is 0 Å². The Balaban J connectivity index is 1.90. The molecular weight excluding hydrogens is 350 g/mol. The van der Waals surface area contributed by atoms with Crippen molar-refractivity contribution >= 4 is 11.9 Å². The number of rotatable bonds is 8. The first kappa shape index (κ1) is 22.2. The number of benzene rings is 1. The van der Waals surface area contributed by atoms with E-state index in [0.717, 1.165) is 13.1 Å². The van der Waals surface area contributed by atoms with Crippen LogP contribution in [0, 0.1) is 5.92 Å². The predicted octanol–water partition coefficient (Wildman–Crippen LogP) is 2.45. The van der Waals surface area contributed by atoms with E-state index in [-0.39, 0.29) is 12.5 Å². The van der Waals surface area contributed by atoms with Gasteiger partial charge in [-0.15, -0.1) is 0 Å². The molecule has 1 aromatic carbocycles. The number of hydrogen-bond donors (Lipinski definition) is 2. The summed E-state index contributed by atoms with van der Waals surface area (Å²) >= 11 is 0. The van der Waals surface area contributed by atoms with Crippen LogP contribution < -0.4 is 10.6 Å². The zero-order valence-electron chi connectivity index (χ0n) is 18.0. The van der Waals surface area contributed by atoms with Crippen molar-refractivity contribution in [2.24, 2.45) is 10.9 Å². The number of nitrogens with one attached hydrogen (secondary N) is 2. The topological polar surface area (TPSA) is 60.0 Å². The van der Waals surface area contributed by atoms with Crippen LogP contribution in [0.3, 0.4) is 0 Å². The number of likely N-dealkylation sites (tertiary alicyclic amines) is 1. The highest BCUT2D eigenvalue weighted by atomic mass is 16.2. The summed E-state index contributed by atoms with van der Waals surface area (Å²) in [6, 6.07) is 8.75. The van der Waals surface area contributed by atoms with Crippen LogP contribution >= 0.6 is 0 Å². The van der Waals surface area contributed by atoms with E-state index >= 15 is 0 Å². The van der Waals surface area contributed by atoms with Crippen LogP contribution in [0.15, 0.2) is 29.3 Å². The maximum atomic E-state index is 11.8. The van der Waals surface area contributed by atoms with E-state index in [1.165, 1.54) is 43.5 Å². The van der Waals surface area contributed by atoms with Gasteiger partial charge >= 0.3 is 0 Å². The van der Waals surface area contributed by atoms with Gasteiger partial charge in [-0.05, 0) is 43.0 Å². The average Bonchev–Trinajstić information content (AvgIpc) is 2.68.